The summed E-state index contributed by atoms with van der Waals surface area (Å²) >= 11 is 1.51. The van der Waals surface area contributed by atoms with Gasteiger partial charge in [0.1, 0.15) is 0 Å². The first-order chi connectivity index (χ1) is 14.2. The summed E-state index contributed by atoms with van der Waals surface area (Å²) in [6.45, 7) is 1.98. The molecule has 2 aliphatic rings. The molecule has 0 saturated carbocycles. The van der Waals surface area contributed by atoms with Gasteiger partial charge in [0.25, 0.3) is 0 Å². The Labute approximate surface area is 178 Å². The van der Waals surface area contributed by atoms with Crippen LogP contribution in [0.15, 0.2) is 36.4 Å². The standard InChI is InChI=1S/C24H31N3OS/c1-27(17-18-8-3-2-4-9-18)14-7-15-29-26-24(28)25-23-21-12-5-10-19(21)16-20-11-6-13-22(20)23/h2-4,8-9,16H,5-7,10-15,17H2,1H3,(H2,25,26,28). The fourth-order valence-electron chi connectivity index (χ4n) is 4.60. The van der Waals surface area contributed by atoms with Gasteiger partial charge in [-0.1, -0.05) is 36.4 Å². The van der Waals surface area contributed by atoms with E-state index in [0.717, 1.165) is 56.6 Å². The van der Waals surface area contributed by atoms with E-state index in [1.807, 2.05) is 0 Å². The number of anilines is 1. The number of carbonyl (C=O) groups is 1. The number of nitrogens with zero attached hydrogens (tertiary/aromatic N) is 1. The lowest BCUT2D eigenvalue weighted by Gasteiger charge is -2.17. The van der Waals surface area contributed by atoms with E-state index in [1.165, 1.54) is 52.6 Å². The number of hydrogen-bond acceptors (Lipinski definition) is 3. The van der Waals surface area contributed by atoms with E-state index in [4.69, 9.17) is 0 Å². The normalized spacial score (nSPS) is 14.7. The number of amides is 2. The molecule has 0 unspecified atom stereocenters. The second kappa shape index (κ2) is 9.68. The maximum absolute atomic E-state index is 12.5. The van der Waals surface area contributed by atoms with E-state index in [2.05, 4.69) is 58.4 Å². The molecule has 29 heavy (non-hydrogen) atoms. The summed E-state index contributed by atoms with van der Waals surface area (Å²) in [7, 11) is 2.15. The fourth-order valence-corrected chi connectivity index (χ4v) is 5.16. The number of carbonyl (C=O) groups excluding carboxylic acids is 1. The quantitative estimate of drug-likeness (QED) is 0.479. The minimum atomic E-state index is -0.0814. The van der Waals surface area contributed by atoms with Gasteiger partial charge in [0.05, 0.1) is 0 Å². The third-order valence-electron chi connectivity index (χ3n) is 5.96. The molecule has 2 amide bonds. The molecule has 0 spiro atoms. The molecule has 154 valence electrons. The van der Waals surface area contributed by atoms with Gasteiger partial charge in [-0.05, 0) is 98.3 Å². The van der Waals surface area contributed by atoms with E-state index in [-0.39, 0.29) is 6.03 Å². The number of urea groups is 1. The highest BCUT2D eigenvalue weighted by atomic mass is 32.2. The number of benzene rings is 2. The van der Waals surface area contributed by atoms with Crippen molar-refractivity contribution in [2.45, 2.75) is 51.5 Å². The first-order valence-corrected chi connectivity index (χ1v) is 11.8. The average molecular weight is 410 g/mol. The summed E-state index contributed by atoms with van der Waals surface area (Å²) < 4.78 is 2.99. The van der Waals surface area contributed by atoms with Gasteiger partial charge >= 0.3 is 6.03 Å². The highest BCUT2D eigenvalue weighted by Gasteiger charge is 2.24. The van der Waals surface area contributed by atoms with Crippen LogP contribution in [0.3, 0.4) is 0 Å². The molecule has 4 nitrogen and oxygen atoms in total. The predicted octanol–water partition coefficient (Wildman–Crippen LogP) is 4.96. The average Bonchev–Trinajstić information content (AvgIpc) is 3.37. The van der Waals surface area contributed by atoms with Crippen LogP contribution >= 0.6 is 11.9 Å². The molecule has 0 saturated heterocycles. The number of fused-ring (bicyclic) bond motifs is 2. The van der Waals surface area contributed by atoms with Crippen LogP contribution in [0, 0.1) is 0 Å². The van der Waals surface area contributed by atoms with Crippen LogP contribution in [-0.2, 0) is 32.2 Å². The van der Waals surface area contributed by atoms with E-state index in [0.29, 0.717) is 0 Å². The van der Waals surface area contributed by atoms with Gasteiger partial charge < -0.3 is 10.2 Å². The van der Waals surface area contributed by atoms with E-state index in [1.54, 1.807) is 0 Å². The Balaban J connectivity index is 1.21. The second-order valence-electron chi connectivity index (χ2n) is 8.22. The van der Waals surface area contributed by atoms with Crippen LogP contribution in [0.25, 0.3) is 0 Å². The molecule has 0 bridgehead atoms. The lowest BCUT2D eigenvalue weighted by atomic mass is 9.99. The first-order valence-electron chi connectivity index (χ1n) is 10.8. The van der Waals surface area contributed by atoms with Crippen molar-refractivity contribution in [3.05, 3.63) is 64.2 Å². The summed E-state index contributed by atoms with van der Waals surface area (Å²) in [5.41, 5.74) is 8.13. The van der Waals surface area contributed by atoms with E-state index >= 15 is 0 Å². The number of rotatable bonds is 8. The van der Waals surface area contributed by atoms with Crippen molar-refractivity contribution in [1.82, 2.24) is 9.62 Å². The van der Waals surface area contributed by atoms with Crippen LogP contribution in [-0.4, -0.2) is 30.3 Å². The van der Waals surface area contributed by atoms with Gasteiger partial charge in [-0.2, -0.15) is 0 Å². The molecular formula is C24H31N3OS. The van der Waals surface area contributed by atoms with Gasteiger partial charge in [-0.3, -0.25) is 4.72 Å². The number of hydrogen-bond donors (Lipinski definition) is 2. The van der Waals surface area contributed by atoms with Gasteiger partial charge in [-0.15, -0.1) is 0 Å². The van der Waals surface area contributed by atoms with Crippen LogP contribution in [0.5, 0.6) is 0 Å². The largest absolute Gasteiger partial charge is 0.329 e. The molecule has 0 aromatic heterocycles. The fraction of sp³-hybridized carbons (Fsp3) is 0.458. The zero-order valence-electron chi connectivity index (χ0n) is 17.3. The van der Waals surface area contributed by atoms with Crippen LogP contribution in [0.1, 0.15) is 47.1 Å². The molecule has 5 heteroatoms. The Morgan fingerprint density at radius 2 is 1.72 bits per heavy atom. The minimum Gasteiger partial charge on any atom is -0.307 e. The molecule has 0 radical (unpaired) electrons. The highest BCUT2D eigenvalue weighted by Crippen LogP contribution is 2.38. The van der Waals surface area contributed by atoms with Crippen molar-refractivity contribution in [3.8, 4) is 0 Å². The molecule has 2 N–H and O–H groups in total. The Kier molecular flexibility index (Phi) is 6.78. The Bertz CT molecular complexity index is 821. The molecule has 4 rings (SSSR count). The van der Waals surface area contributed by atoms with Gasteiger partial charge in [0.15, 0.2) is 0 Å². The molecular weight excluding hydrogens is 378 g/mol. The second-order valence-corrected chi connectivity index (χ2v) is 9.12. The lowest BCUT2D eigenvalue weighted by molar-refractivity contribution is 0.257. The van der Waals surface area contributed by atoms with Crippen molar-refractivity contribution in [2.75, 3.05) is 24.7 Å². The van der Waals surface area contributed by atoms with E-state index in [9.17, 15) is 4.79 Å². The Morgan fingerprint density at radius 3 is 2.41 bits per heavy atom. The maximum Gasteiger partial charge on any atom is 0.329 e. The first kappa shape index (κ1) is 20.3. The maximum atomic E-state index is 12.5. The van der Waals surface area contributed by atoms with Crippen molar-refractivity contribution in [1.29, 1.82) is 0 Å². The lowest BCUT2D eigenvalue weighted by Crippen LogP contribution is -2.25. The van der Waals surface area contributed by atoms with Crippen molar-refractivity contribution < 1.29 is 4.79 Å². The minimum absolute atomic E-state index is 0.0814. The molecule has 0 fully saturated rings. The van der Waals surface area contributed by atoms with Gasteiger partial charge in [0.2, 0.25) is 0 Å². The summed E-state index contributed by atoms with van der Waals surface area (Å²) in [6, 6.07) is 12.9. The van der Waals surface area contributed by atoms with Crippen molar-refractivity contribution >= 4 is 23.7 Å². The number of aryl methyl sites for hydroxylation is 2. The molecule has 2 aliphatic carbocycles. The smallest absolute Gasteiger partial charge is 0.307 e. The zero-order chi connectivity index (χ0) is 20.1. The van der Waals surface area contributed by atoms with Crippen LogP contribution < -0.4 is 10.0 Å². The summed E-state index contributed by atoms with van der Waals surface area (Å²) in [6.07, 6.45) is 7.97. The summed E-state index contributed by atoms with van der Waals surface area (Å²) in [5, 5.41) is 3.19. The Morgan fingerprint density at radius 1 is 1.03 bits per heavy atom. The van der Waals surface area contributed by atoms with Crippen molar-refractivity contribution in [3.63, 3.8) is 0 Å². The van der Waals surface area contributed by atoms with E-state index < -0.39 is 0 Å². The highest BCUT2D eigenvalue weighted by molar-refractivity contribution is 7.97. The molecule has 0 heterocycles. The third-order valence-corrected chi connectivity index (χ3v) is 6.78. The summed E-state index contributed by atoms with van der Waals surface area (Å²) in [4.78, 5) is 14.8. The van der Waals surface area contributed by atoms with Crippen molar-refractivity contribution in [2.24, 2.45) is 0 Å². The number of nitrogens with one attached hydrogen (secondary N) is 2. The SMILES string of the molecule is CN(CCCSNC(=O)Nc1c2c(cc3c1CCC3)CCC2)Cc1ccccc1. The third kappa shape index (κ3) is 5.14. The predicted molar refractivity (Wildman–Crippen MR) is 122 cm³/mol. The Hall–Kier alpha value is -1.98. The molecule has 0 aliphatic heterocycles. The zero-order valence-corrected chi connectivity index (χ0v) is 18.1. The van der Waals surface area contributed by atoms with Crippen LogP contribution in [0.2, 0.25) is 0 Å². The molecule has 2 aromatic carbocycles. The van der Waals surface area contributed by atoms with Crippen LogP contribution in [0.4, 0.5) is 10.5 Å². The monoisotopic (exact) mass is 409 g/mol. The van der Waals surface area contributed by atoms with Gasteiger partial charge in [-0.25, -0.2) is 4.79 Å². The topological polar surface area (TPSA) is 44.4 Å². The molecule has 2 aromatic rings. The summed E-state index contributed by atoms with van der Waals surface area (Å²) in [5.74, 6) is 0.914. The van der Waals surface area contributed by atoms with Gasteiger partial charge in [0, 0.05) is 18.0 Å². The molecule has 0 atom stereocenters.